The topological polar surface area (TPSA) is 24.9 Å². The van der Waals surface area contributed by atoms with E-state index in [9.17, 15) is 0 Å². The maximum absolute atomic E-state index is 4.68. The van der Waals surface area contributed by atoms with Crippen LogP contribution in [-0.2, 0) is 12.8 Å². The summed E-state index contributed by atoms with van der Waals surface area (Å²) in [5.41, 5.74) is 3.94. The Labute approximate surface area is 132 Å². The zero-order chi connectivity index (χ0) is 15.2. The summed E-state index contributed by atoms with van der Waals surface area (Å²) in [6.45, 7) is 9.59. The van der Waals surface area contributed by atoms with E-state index in [0.717, 1.165) is 25.8 Å². The second kappa shape index (κ2) is 7.71. The molecule has 2 aromatic rings. The predicted molar refractivity (Wildman–Crippen MR) is 92.3 cm³/mol. The molecule has 0 spiro atoms. The minimum Gasteiger partial charge on any atom is -0.314 e. The quantitative estimate of drug-likeness (QED) is 0.828. The van der Waals surface area contributed by atoms with Gasteiger partial charge in [0.1, 0.15) is 0 Å². The van der Waals surface area contributed by atoms with Crippen molar-refractivity contribution in [2.45, 2.75) is 53.0 Å². The summed E-state index contributed by atoms with van der Waals surface area (Å²) in [6, 6.07) is 9.41. The molecule has 114 valence electrons. The van der Waals surface area contributed by atoms with Crippen LogP contribution in [0.15, 0.2) is 24.3 Å². The van der Waals surface area contributed by atoms with Gasteiger partial charge in [0.25, 0.3) is 0 Å². The summed E-state index contributed by atoms with van der Waals surface area (Å²) in [4.78, 5) is 6.02. The Morgan fingerprint density at radius 3 is 2.43 bits per heavy atom. The molecule has 0 saturated carbocycles. The van der Waals surface area contributed by atoms with Crippen molar-refractivity contribution in [2.24, 2.45) is 0 Å². The number of nitrogens with one attached hydrogen (secondary N) is 1. The van der Waals surface area contributed by atoms with Gasteiger partial charge in [-0.15, -0.1) is 11.3 Å². The van der Waals surface area contributed by atoms with Crippen LogP contribution >= 0.6 is 11.3 Å². The van der Waals surface area contributed by atoms with Gasteiger partial charge < -0.3 is 5.32 Å². The van der Waals surface area contributed by atoms with Crippen LogP contribution in [0.25, 0.3) is 0 Å². The van der Waals surface area contributed by atoms with Crippen LogP contribution in [0, 0.1) is 20.8 Å². The molecule has 1 N–H and O–H groups in total. The molecule has 2 nitrogen and oxygen atoms in total. The van der Waals surface area contributed by atoms with Gasteiger partial charge in [0.15, 0.2) is 0 Å². The number of hydrogen-bond donors (Lipinski definition) is 1. The van der Waals surface area contributed by atoms with E-state index in [-0.39, 0.29) is 0 Å². The van der Waals surface area contributed by atoms with Crippen LogP contribution in [0.1, 0.15) is 40.1 Å². The third-order valence-electron chi connectivity index (χ3n) is 3.89. The van der Waals surface area contributed by atoms with E-state index in [0.29, 0.717) is 6.04 Å². The number of likely N-dealkylation sites (N-methyl/N-ethyl adjacent to an activating group) is 1. The van der Waals surface area contributed by atoms with E-state index in [2.05, 4.69) is 62.3 Å². The van der Waals surface area contributed by atoms with Gasteiger partial charge in [-0.2, -0.15) is 0 Å². The molecular weight excluding hydrogens is 276 g/mol. The summed E-state index contributed by atoms with van der Waals surface area (Å²) in [7, 11) is 0. The van der Waals surface area contributed by atoms with E-state index < -0.39 is 0 Å². The summed E-state index contributed by atoms with van der Waals surface area (Å²) in [6.07, 6.45) is 3.33. The number of rotatable bonds is 7. The Kier molecular flexibility index (Phi) is 5.95. The highest BCUT2D eigenvalue weighted by molar-refractivity contribution is 7.11. The van der Waals surface area contributed by atoms with Crippen LogP contribution in [0.5, 0.6) is 0 Å². The molecule has 1 unspecified atom stereocenters. The first-order valence-corrected chi connectivity index (χ1v) is 8.62. The minimum absolute atomic E-state index is 0.515. The molecule has 0 saturated heterocycles. The van der Waals surface area contributed by atoms with Gasteiger partial charge in [0.2, 0.25) is 0 Å². The van der Waals surface area contributed by atoms with E-state index in [1.165, 1.54) is 26.7 Å². The van der Waals surface area contributed by atoms with Crippen LogP contribution in [0.3, 0.4) is 0 Å². The lowest BCUT2D eigenvalue weighted by molar-refractivity contribution is 0.490. The normalized spacial score (nSPS) is 12.6. The van der Waals surface area contributed by atoms with Crippen molar-refractivity contribution in [2.75, 3.05) is 6.54 Å². The molecule has 3 heteroatoms. The molecule has 21 heavy (non-hydrogen) atoms. The lowest BCUT2D eigenvalue weighted by atomic mass is 10.0. The van der Waals surface area contributed by atoms with E-state index in [4.69, 9.17) is 0 Å². The second-order valence-corrected chi connectivity index (χ2v) is 7.02. The molecule has 0 aliphatic heterocycles. The molecule has 0 aliphatic carbocycles. The second-order valence-electron chi connectivity index (χ2n) is 5.73. The number of benzene rings is 1. The van der Waals surface area contributed by atoms with Gasteiger partial charge >= 0.3 is 0 Å². The fraction of sp³-hybridized carbons (Fsp3) is 0.500. The van der Waals surface area contributed by atoms with Crippen molar-refractivity contribution < 1.29 is 0 Å². The van der Waals surface area contributed by atoms with Crippen LogP contribution in [0.2, 0.25) is 0 Å². The number of aromatic nitrogens is 1. The molecule has 0 fully saturated rings. The van der Waals surface area contributed by atoms with Gasteiger partial charge in [0, 0.05) is 17.3 Å². The van der Waals surface area contributed by atoms with Gasteiger partial charge in [-0.3, -0.25) is 0 Å². The molecule has 0 amide bonds. The smallest absolute Gasteiger partial charge is 0.0946 e. The minimum atomic E-state index is 0.515. The molecule has 1 aromatic heterocycles. The first-order chi connectivity index (χ1) is 10.1. The fourth-order valence-electron chi connectivity index (χ4n) is 2.50. The third kappa shape index (κ3) is 4.94. The van der Waals surface area contributed by atoms with Gasteiger partial charge in [-0.1, -0.05) is 36.8 Å². The van der Waals surface area contributed by atoms with Gasteiger partial charge in [-0.05, 0) is 45.7 Å². The zero-order valence-electron chi connectivity index (χ0n) is 13.6. The van der Waals surface area contributed by atoms with Crippen LogP contribution in [-0.4, -0.2) is 17.6 Å². The number of thiazole rings is 1. The standard InChI is InChI=1S/C18H26N2S/c1-5-19-17(12-18-20-14(3)15(4)21-18)11-10-16-8-6-13(2)7-9-16/h6-9,17,19H,5,10-12H2,1-4H3. The Balaban J connectivity index is 1.93. The molecule has 0 aliphatic rings. The Morgan fingerprint density at radius 2 is 1.86 bits per heavy atom. The number of aryl methyl sites for hydroxylation is 4. The molecular formula is C18H26N2S. The van der Waals surface area contributed by atoms with Crippen LogP contribution in [0.4, 0.5) is 0 Å². The Hall–Kier alpha value is -1.19. The average molecular weight is 302 g/mol. The van der Waals surface area contributed by atoms with Crippen molar-refractivity contribution in [1.82, 2.24) is 10.3 Å². The third-order valence-corrected chi connectivity index (χ3v) is 4.98. The van der Waals surface area contributed by atoms with E-state index in [1.54, 1.807) is 0 Å². The maximum atomic E-state index is 4.68. The van der Waals surface area contributed by atoms with Gasteiger partial charge in [-0.25, -0.2) is 4.98 Å². The molecule has 1 heterocycles. The predicted octanol–water partition coefficient (Wildman–Crippen LogP) is 4.22. The lowest BCUT2D eigenvalue weighted by Crippen LogP contribution is -2.31. The van der Waals surface area contributed by atoms with Crippen molar-refractivity contribution >= 4 is 11.3 Å². The van der Waals surface area contributed by atoms with E-state index in [1.807, 2.05) is 11.3 Å². The van der Waals surface area contributed by atoms with Gasteiger partial charge in [0.05, 0.1) is 10.7 Å². The number of nitrogens with zero attached hydrogens (tertiary/aromatic N) is 1. The Bertz CT molecular complexity index is 538. The number of hydrogen-bond acceptors (Lipinski definition) is 3. The van der Waals surface area contributed by atoms with Crippen molar-refractivity contribution in [1.29, 1.82) is 0 Å². The molecule has 1 atom stereocenters. The molecule has 2 rings (SSSR count). The highest BCUT2D eigenvalue weighted by atomic mass is 32.1. The average Bonchev–Trinajstić information content (AvgIpc) is 2.76. The molecule has 0 radical (unpaired) electrons. The fourth-order valence-corrected chi connectivity index (χ4v) is 3.51. The monoisotopic (exact) mass is 302 g/mol. The molecule has 0 bridgehead atoms. The highest BCUT2D eigenvalue weighted by Gasteiger charge is 2.12. The Morgan fingerprint density at radius 1 is 1.14 bits per heavy atom. The first kappa shape index (κ1) is 16.2. The summed E-state index contributed by atoms with van der Waals surface area (Å²) >= 11 is 1.84. The first-order valence-electron chi connectivity index (χ1n) is 7.80. The molecule has 1 aromatic carbocycles. The lowest BCUT2D eigenvalue weighted by Gasteiger charge is -2.16. The van der Waals surface area contributed by atoms with Crippen molar-refractivity contribution in [3.05, 3.63) is 51.0 Å². The highest BCUT2D eigenvalue weighted by Crippen LogP contribution is 2.19. The largest absolute Gasteiger partial charge is 0.314 e. The summed E-state index contributed by atoms with van der Waals surface area (Å²) in [5.74, 6) is 0. The summed E-state index contributed by atoms with van der Waals surface area (Å²) < 4.78 is 0. The zero-order valence-corrected chi connectivity index (χ0v) is 14.4. The maximum Gasteiger partial charge on any atom is 0.0946 e. The van der Waals surface area contributed by atoms with Crippen molar-refractivity contribution in [3.63, 3.8) is 0 Å². The van der Waals surface area contributed by atoms with E-state index >= 15 is 0 Å². The summed E-state index contributed by atoms with van der Waals surface area (Å²) in [5, 5.41) is 4.87. The van der Waals surface area contributed by atoms with Crippen LogP contribution < -0.4 is 5.32 Å². The SMILES string of the molecule is CCNC(CCc1ccc(C)cc1)Cc1nc(C)c(C)s1. The van der Waals surface area contributed by atoms with Crippen molar-refractivity contribution in [3.8, 4) is 0 Å².